The average molecular weight is 496 g/mol. The molecule has 10 heteroatoms. The molecule has 3 N–H and O–H groups in total. The number of guanidine groups is 1. The molecule has 0 aromatic rings. The second-order valence-corrected chi connectivity index (χ2v) is 6.09. The van der Waals surface area contributed by atoms with Crippen molar-refractivity contribution >= 4 is 35.8 Å². The smallest absolute Gasteiger partial charge is 0.396 e. The molecule has 0 unspecified atom stereocenters. The number of aliphatic hydroxyl groups excluding tert-OH is 1. The lowest BCUT2D eigenvalue weighted by molar-refractivity contribution is -0.157. The Balaban J connectivity index is 0. The topological polar surface area (TPSA) is 77.0 Å². The second-order valence-electron chi connectivity index (χ2n) is 6.09. The standard InChI is InChI=1S/C16H31F3N4O2.HI/c1-5-15(6-2,8-9-24)11-22-14(20-7-3)21-10-13(25)23(4)12-16(17,18)19;/h24H,5-12H2,1-4H3,(H2,20,21,22);1H. The molecule has 0 aromatic heterocycles. The van der Waals surface area contributed by atoms with E-state index in [4.69, 9.17) is 0 Å². The number of hydrogen-bond acceptors (Lipinski definition) is 3. The van der Waals surface area contributed by atoms with E-state index in [0.717, 1.165) is 19.9 Å². The molecule has 0 bridgehead atoms. The van der Waals surface area contributed by atoms with Crippen LogP contribution < -0.4 is 10.6 Å². The summed E-state index contributed by atoms with van der Waals surface area (Å²) >= 11 is 0. The van der Waals surface area contributed by atoms with Crippen molar-refractivity contribution in [1.82, 2.24) is 15.5 Å². The Bertz CT molecular complexity index is 430. The molecule has 6 nitrogen and oxygen atoms in total. The van der Waals surface area contributed by atoms with E-state index in [2.05, 4.69) is 15.6 Å². The number of carbonyl (C=O) groups excluding carboxylic acids is 1. The van der Waals surface area contributed by atoms with Gasteiger partial charge in [0.25, 0.3) is 0 Å². The van der Waals surface area contributed by atoms with Crippen LogP contribution in [0.2, 0.25) is 0 Å². The third-order valence-corrected chi connectivity index (χ3v) is 4.33. The maximum atomic E-state index is 12.3. The Morgan fingerprint density at radius 1 is 1.15 bits per heavy atom. The van der Waals surface area contributed by atoms with Crippen molar-refractivity contribution in [2.45, 2.75) is 46.2 Å². The average Bonchev–Trinajstić information content (AvgIpc) is 2.54. The highest BCUT2D eigenvalue weighted by atomic mass is 127. The predicted molar refractivity (Wildman–Crippen MR) is 108 cm³/mol. The summed E-state index contributed by atoms with van der Waals surface area (Å²) < 4.78 is 36.9. The van der Waals surface area contributed by atoms with E-state index in [-0.39, 0.29) is 42.5 Å². The number of hydrogen-bond donors (Lipinski definition) is 3. The molecule has 26 heavy (non-hydrogen) atoms. The maximum absolute atomic E-state index is 12.3. The van der Waals surface area contributed by atoms with Gasteiger partial charge in [0.2, 0.25) is 5.91 Å². The highest BCUT2D eigenvalue weighted by Gasteiger charge is 2.31. The molecule has 1 amide bonds. The zero-order chi connectivity index (χ0) is 19.5. The SMILES string of the molecule is CCNC(=NCC(=O)N(C)CC(F)(F)F)NCC(CC)(CC)CCO.I. The molecule has 0 saturated carbocycles. The van der Waals surface area contributed by atoms with Crippen LogP contribution in [0.1, 0.15) is 40.0 Å². The van der Waals surface area contributed by atoms with Crippen LogP contribution in [-0.4, -0.2) is 67.9 Å². The number of likely N-dealkylation sites (N-methyl/N-ethyl adjacent to an activating group) is 1. The van der Waals surface area contributed by atoms with Crippen LogP contribution in [0, 0.1) is 5.41 Å². The van der Waals surface area contributed by atoms with Crippen LogP contribution in [-0.2, 0) is 4.79 Å². The van der Waals surface area contributed by atoms with Crippen LogP contribution in [0.4, 0.5) is 13.2 Å². The van der Waals surface area contributed by atoms with Gasteiger partial charge in [-0.15, -0.1) is 24.0 Å². The minimum Gasteiger partial charge on any atom is -0.396 e. The van der Waals surface area contributed by atoms with E-state index in [0.29, 0.717) is 30.4 Å². The second kappa shape index (κ2) is 13.4. The van der Waals surface area contributed by atoms with E-state index in [1.54, 1.807) is 0 Å². The lowest BCUT2D eigenvalue weighted by atomic mass is 9.79. The van der Waals surface area contributed by atoms with Gasteiger partial charge < -0.3 is 20.6 Å². The summed E-state index contributed by atoms with van der Waals surface area (Å²) in [6, 6.07) is 0. The fourth-order valence-corrected chi connectivity index (χ4v) is 2.42. The van der Waals surface area contributed by atoms with E-state index in [1.807, 2.05) is 20.8 Å². The number of nitrogens with zero attached hydrogens (tertiary/aromatic N) is 2. The Kier molecular flexibility index (Phi) is 14.1. The minimum absolute atomic E-state index is 0. The Morgan fingerprint density at radius 3 is 2.15 bits per heavy atom. The number of carbonyl (C=O) groups is 1. The first kappa shape index (κ1) is 27.4. The highest BCUT2D eigenvalue weighted by molar-refractivity contribution is 14.0. The van der Waals surface area contributed by atoms with Crippen molar-refractivity contribution in [3.05, 3.63) is 0 Å². The molecule has 0 spiro atoms. The zero-order valence-electron chi connectivity index (χ0n) is 15.9. The van der Waals surface area contributed by atoms with Crippen LogP contribution >= 0.6 is 24.0 Å². The summed E-state index contributed by atoms with van der Waals surface area (Å²) in [7, 11) is 1.10. The maximum Gasteiger partial charge on any atom is 0.406 e. The van der Waals surface area contributed by atoms with E-state index in [1.165, 1.54) is 0 Å². The minimum atomic E-state index is -4.43. The van der Waals surface area contributed by atoms with Crippen molar-refractivity contribution < 1.29 is 23.1 Å². The Hall–Kier alpha value is -0.780. The molecule has 0 rings (SSSR count). The molecule has 156 valence electrons. The van der Waals surface area contributed by atoms with E-state index >= 15 is 0 Å². The monoisotopic (exact) mass is 496 g/mol. The van der Waals surface area contributed by atoms with Crippen molar-refractivity contribution in [1.29, 1.82) is 0 Å². The number of rotatable bonds is 10. The largest absolute Gasteiger partial charge is 0.406 e. The van der Waals surface area contributed by atoms with Crippen molar-refractivity contribution in [3.63, 3.8) is 0 Å². The fourth-order valence-electron chi connectivity index (χ4n) is 2.42. The van der Waals surface area contributed by atoms with Gasteiger partial charge in [0.15, 0.2) is 5.96 Å². The van der Waals surface area contributed by atoms with E-state index < -0.39 is 18.6 Å². The summed E-state index contributed by atoms with van der Waals surface area (Å²) in [6.45, 7) is 5.47. The molecular weight excluding hydrogens is 464 g/mol. The number of aliphatic imine (C=N–C) groups is 1. The quantitative estimate of drug-likeness (QED) is 0.247. The third kappa shape index (κ3) is 11.0. The molecule has 0 atom stereocenters. The number of nitrogens with one attached hydrogen (secondary N) is 2. The van der Waals surface area contributed by atoms with Crippen LogP contribution in [0.5, 0.6) is 0 Å². The summed E-state index contributed by atoms with van der Waals surface area (Å²) in [6.07, 6.45) is -2.06. The molecule has 0 aliphatic carbocycles. The number of halogens is 4. The summed E-state index contributed by atoms with van der Waals surface area (Å²) in [5.74, 6) is -0.331. The van der Waals surface area contributed by atoms with E-state index in [9.17, 15) is 23.1 Å². The van der Waals surface area contributed by atoms with Crippen LogP contribution in [0.3, 0.4) is 0 Å². The van der Waals surface area contributed by atoms with Crippen LogP contribution in [0.25, 0.3) is 0 Å². The fraction of sp³-hybridized carbons (Fsp3) is 0.875. The van der Waals surface area contributed by atoms with Crippen molar-refractivity contribution in [2.75, 3.05) is 39.8 Å². The number of alkyl halides is 3. The summed E-state index contributed by atoms with van der Waals surface area (Å²) in [5.41, 5.74) is -0.0952. The third-order valence-electron chi connectivity index (χ3n) is 4.33. The lowest BCUT2D eigenvalue weighted by Gasteiger charge is -2.32. The number of amides is 1. The molecule has 0 aromatic carbocycles. The Morgan fingerprint density at radius 2 is 1.73 bits per heavy atom. The van der Waals surface area contributed by atoms with Gasteiger partial charge in [0, 0.05) is 26.7 Å². The Labute approximate surface area is 171 Å². The molecule has 0 aliphatic rings. The van der Waals surface area contributed by atoms with Gasteiger partial charge in [-0.25, -0.2) is 4.99 Å². The first-order valence-corrected chi connectivity index (χ1v) is 8.56. The first-order chi connectivity index (χ1) is 11.6. The van der Waals surface area contributed by atoms with Crippen LogP contribution in [0.15, 0.2) is 4.99 Å². The lowest BCUT2D eigenvalue weighted by Crippen LogP contribution is -2.44. The first-order valence-electron chi connectivity index (χ1n) is 8.56. The predicted octanol–water partition coefficient (Wildman–Crippen LogP) is 2.37. The highest BCUT2D eigenvalue weighted by Crippen LogP contribution is 2.29. The molecule has 0 radical (unpaired) electrons. The van der Waals surface area contributed by atoms with Gasteiger partial charge in [0.1, 0.15) is 13.1 Å². The molecule has 0 heterocycles. The molecule has 0 fully saturated rings. The van der Waals surface area contributed by atoms with Crippen molar-refractivity contribution in [2.24, 2.45) is 10.4 Å². The zero-order valence-corrected chi connectivity index (χ0v) is 18.3. The summed E-state index contributed by atoms with van der Waals surface area (Å²) in [5, 5.41) is 15.3. The summed E-state index contributed by atoms with van der Waals surface area (Å²) in [4.78, 5) is 16.5. The normalized spacial score (nSPS) is 12.4. The molecule has 0 aliphatic heterocycles. The molecular formula is C16H32F3IN4O2. The van der Waals surface area contributed by atoms with Gasteiger partial charge >= 0.3 is 6.18 Å². The van der Waals surface area contributed by atoms with Gasteiger partial charge in [-0.05, 0) is 31.6 Å². The van der Waals surface area contributed by atoms with Gasteiger partial charge in [-0.1, -0.05) is 13.8 Å². The molecule has 0 saturated heterocycles. The van der Waals surface area contributed by atoms with Gasteiger partial charge in [-0.3, -0.25) is 4.79 Å². The van der Waals surface area contributed by atoms with Gasteiger partial charge in [-0.2, -0.15) is 13.2 Å². The van der Waals surface area contributed by atoms with Gasteiger partial charge in [0.05, 0.1) is 0 Å². The van der Waals surface area contributed by atoms with Crippen molar-refractivity contribution in [3.8, 4) is 0 Å². The number of aliphatic hydroxyl groups is 1.